The molecule has 1 aliphatic rings. The van der Waals surface area contributed by atoms with E-state index in [1.807, 2.05) is 6.92 Å². The van der Waals surface area contributed by atoms with Crippen molar-refractivity contribution >= 4 is 21.5 Å². The molecule has 0 saturated heterocycles. The predicted molar refractivity (Wildman–Crippen MR) is 82.6 cm³/mol. The summed E-state index contributed by atoms with van der Waals surface area (Å²) in [5.74, 6) is 0. The van der Waals surface area contributed by atoms with Crippen molar-refractivity contribution in [2.75, 3.05) is 0 Å². The van der Waals surface area contributed by atoms with Crippen LogP contribution in [0.25, 0.3) is 21.5 Å². The number of benzene rings is 3. The molecular weight excluding hydrogens is 246 g/mol. The van der Waals surface area contributed by atoms with Crippen LogP contribution >= 0.6 is 0 Å². The molecule has 2 N–H and O–H groups in total. The zero-order chi connectivity index (χ0) is 13.7. The number of fused-ring (bicyclic) bond motifs is 2. The number of hydrogen-bond donors (Lipinski definition) is 1. The summed E-state index contributed by atoms with van der Waals surface area (Å²) in [6, 6.07) is 17.3. The van der Waals surface area contributed by atoms with E-state index in [1.165, 1.54) is 32.7 Å². The van der Waals surface area contributed by atoms with Crippen LogP contribution in [0.5, 0.6) is 0 Å². The van der Waals surface area contributed by atoms with Gasteiger partial charge in [0, 0.05) is 6.42 Å². The van der Waals surface area contributed by atoms with Crippen molar-refractivity contribution < 1.29 is 4.74 Å². The molecule has 0 amide bonds. The fraction of sp³-hybridized carbons (Fsp3) is 0.222. The normalized spacial score (nSPS) is 18.8. The summed E-state index contributed by atoms with van der Waals surface area (Å²) in [7, 11) is 0. The molecule has 0 radical (unpaired) electrons. The Morgan fingerprint density at radius 2 is 1.90 bits per heavy atom. The van der Waals surface area contributed by atoms with Crippen molar-refractivity contribution in [1.82, 2.24) is 0 Å². The second kappa shape index (κ2) is 4.30. The van der Waals surface area contributed by atoms with Crippen molar-refractivity contribution in [3.63, 3.8) is 0 Å². The highest BCUT2D eigenvalue weighted by molar-refractivity contribution is 6.05. The quantitative estimate of drug-likeness (QED) is 0.562. The Morgan fingerprint density at radius 1 is 1.10 bits per heavy atom. The average Bonchev–Trinajstić information content (AvgIpc) is 2.79. The fourth-order valence-corrected chi connectivity index (χ4v) is 3.41. The van der Waals surface area contributed by atoms with E-state index in [0.717, 1.165) is 6.42 Å². The van der Waals surface area contributed by atoms with Crippen LogP contribution in [0.1, 0.15) is 24.2 Å². The summed E-state index contributed by atoms with van der Waals surface area (Å²) < 4.78 is 5.91. The molecule has 0 fully saturated rings. The van der Waals surface area contributed by atoms with Gasteiger partial charge in [-0.1, -0.05) is 42.5 Å². The molecule has 3 aromatic carbocycles. The summed E-state index contributed by atoms with van der Waals surface area (Å²) in [6.45, 7) is 1.89. The molecule has 0 aromatic heterocycles. The maximum absolute atomic E-state index is 5.91. The van der Waals surface area contributed by atoms with Gasteiger partial charge in [-0.15, -0.1) is 0 Å². The van der Waals surface area contributed by atoms with Gasteiger partial charge in [0.15, 0.2) is 0 Å². The SMILES string of the molecule is CC(N)OC1Cc2c3ccccc3cc3cccc1c23. The first-order valence-corrected chi connectivity index (χ1v) is 7.08. The van der Waals surface area contributed by atoms with Gasteiger partial charge in [-0.25, -0.2) is 0 Å². The van der Waals surface area contributed by atoms with Gasteiger partial charge < -0.3 is 10.5 Å². The van der Waals surface area contributed by atoms with Crippen molar-refractivity contribution in [2.24, 2.45) is 5.73 Å². The van der Waals surface area contributed by atoms with Crippen LogP contribution in [0.4, 0.5) is 0 Å². The summed E-state index contributed by atoms with van der Waals surface area (Å²) in [5.41, 5.74) is 8.51. The predicted octanol–water partition coefficient (Wildman–Crippen LogP) is 3.91. The van der Waals surface area contributed by atoms with E-state index in [0.29, 0.717) is 0 Å². The van der Waals surface area contributed by atoms with Crippen molar-refractivity contribution in [3.05, 3.63) is 59.7 Å². The summed E-state index contributed by atoms with van der Waals surface area (Å²) >= 11 is 0. The molecule has 4 rings (SSSR count). The molecule has 0 aliphatic heterocycles. The molecule has 2 heteroatoms. The largest absolute Gasteiger partial charge is 0.356 e. The molecule has 2 nitrogen and oxygen atoms in total. The Bertz CT molecular complexity index is 807. The summed E-state index contributed by atoms with van der Waals surface area (Å²) in [5, 5.41) is 5.29. The third kappa shape index (κ3) is 1.65. The molecular formula is C18H17NO. The minimum Gasteiger partial charge on any atom is -0.356 e. The number of ether oxygens (including phenoxy) is 1. The van der Waals surface area contributed by atoms with E-state index >= 15 is 0 Å². The van der Waals surface area contributed by atoms with E-state index in [1.54, 1.807) is 0 Å². The van der Waals surface area contributed by atoms with Crippen molar-refractivity contribution in [2.45, 2.75) is 25.7 Å². The monoisotopic (exact) mass is 263 g/mol. The molecule has 0 spiro atoms. The van der Waals surface area contributed by atoms with Gasteiger partial charge in [-0.05, 0) is 45.7 Å². The van der Waals surface area contributed by atoms with Crippen LogP contribution < -0.4 is 5.73 Å². The van der Waals surface area contributed by atoms with Crippen LogP contribution in [0.15, 0.2) is 48.5 Å². The standard InChI is InChI=1S/C18H17NO/c1-11(19)20-17-10-16-14-7-3-2-5-12(14)9-13-6-4-8-15(17)18(13)16/h2-9,11,17H,10,19H2,1H3. The lowest BCUT2D eigenvalue weighted by Crippen LogP contribution is -2.22. The van der Waals surface area contributed by atoms with E-state index in [9.17, 15) is 0 Å². The van der Waals surface area contributed by atoms with Gasteiger partial charge in [0.1, 0.15) is 6.23 Å². The van der Waals surface area contributed by atoms with Crippen LogP contribution in [-0.4, -0.2) is 6.23 Å². The molecule has 0 bridgehead atoms. The van der Waals surface area contributed by atoms with E-state index < -0.39 is 0 Å². The smallest absolute Gasteiger partial charge is 0.103 e. The van der Waals surface area contributed by atoms with Crippen LogP contribution in [-0.2, 0) is 11.2 Å². The Hall–Kier alpha value is -1.90. The number of rotatable bonds is 2. The lowest BCUT2D eigenvalue weighted by molar-refractivity contribution is 0.00400. The van der Waals surface area contributed by atoms with Crippen molar-refractivity contribution in [3.8, 4) is 0 Å². The lowest BCUT2D eigenvalue weighted by atomic mass is 9.98. The third-order valence-corrected chi connectivity index (χ3v) is 4.14. The average molecular weight is 263 g/mol. The Kier molecular flexibility index (Phi) is 2.56. The highest BCUT2D eigenvalue weighted by Gasteiger charge is 2.27. The van der Waals surface area contributed by atoms with Crippen molar-refractivity contribution in [1.29, 1.82) is 0 Å². The number of nitrogens with two attached hydrogens (primary N) is 1. The molecule has 3 aromatic rings. The third-order valence-electron chi connectivity index (χ3n) is 4.14. The summed E-state index contributed by atoms with van der Waals surface area (Å²) in [6.07, 6.45) is 0.758. The van der Waals surface area contributed by atoms with Gasteiger partial charge in [-0.2, -0.15) is 0 Å². The minimum atomic E-state index is -0.240. The molecule has 0 heterocycles. The molecule has 0 saturated carbocycles. The van der Waals surface area contributed by atoms with Gasteiger partial charge in [-0.3, -0.25) is 0 Å². The van der Waals surface area contributed by atoms with Gasteiger partial charge in [0.05, 0.1) is 6.10 Å². The van der Waals surface area contributed by atoms with E-state index in [2.05, 4.69) is 48.5 Å². The van der Waals surface area contributed by atoms with E-state index in [4.69, 9.17) is 10.5 Å². The molecule has 100 valence electrons. The first-order valence-electron chi connectivity index (χ1n) is 7.08. The van der Waals surface area contributed by atoms with E-state index in [-0.39, 0.29) is 12.3 Å². The first kappa shape index (κ1) is 11.9. The first-order chi connectivity index (χ1) is 9.74. The Labute approximate surface area is 118 Å². The molecule has 2 atom stereocenters. The zero-order valence-corrected chi connectivity index (χ0v) is 11.5. The minimum absolute atomic E-state index is 0.0829. The molecule has 20 heavy (non-hydrogen) atoms. The highest BCUT2D eigenvalue weighted by atomic mass is 16.5. The Balaban J connectivity index is 2.03. The van der Waals surface area contributed by atoms with Gasteiger partial charge in [0.2, 0.25) is 0 Å². The molecule has 1 aliphatic carbocycles. The molecule has 2 unspecified atom stereocenters. The fourth-order valence-electron chi connectivity index (χ4n) is 3.41. The number of hydrogen-bond acceptors (Lipinski definition) is 2. The lowest BCUT2D eigenvalue weighted by Gasteiger charge is -2.16. The second-order valence-corrected chi connectivity index (χ2v) is 5.56. The van der Waals surface area contributed by atoms with Gasteiger partial charge >= 0.3 is 0 Å². The van der Waals surface area contributed by atoms with Crippen LogP contribution in [0.2, 0.25) is 0 Å². The van der Waals surface area contributed by atoms with Crippen LogP contribution in [0.3, 0.4) is 0 Å². The second-order valence-electron chi connectivity index (χ2n) is 5.56. The zero-order valence-electron chi connectivity index (χ0n) is 11.5. The maximum Gasteiger partial charge on any atom is 0.103 e. The van der Waals surface area contributed by atoms with Crippen LogP contribution in [0, 0.1) is 0 Å². The van der Waals surface area contributed by atoms with Gasteiger partial charge in [0.25, 0.3) is 0 Å². The topological polar surface area (TPSA) is 35.2 Å². The maximum atomic E-state index is 5.91. The summed E-state index contributed by atoms with van der Waals surface area (Å²) in [4.78, 5) is 0. The Morgan fingerprint density at radius 3 is 2.75 bits per heavy atom. The highest BCUT2D eigenvalue weighted by Crippen LogP contribution is 2.42.